The second kappa shape index (κ2) is 7.36. The molecule has 24 heavy (non-hydrogen) atoms. The molecule has 2 heterocycles. The van der Waals surface area contributed by atoms with E-state index >= 15 is 0 Å². The lowest BCUT2D eigenvalue weighted by molar-refractivity contribution is 0.237. The van der Waals surface area contributed by atoms with Crippen LogP contribution in [0.4, 0.5) is 4.79 Å². The molecule has 0 radical (unpaired) electrons. The molecule has 0 saturated heterocycles. The van der Waals surface area contributed by atoms with Crippen molar-refractivity contribution in [2.45, 2.75) is 19.5 Å². The number of nitrogens with one attached hydrogen (secondary N) is 2. The van der Waals surface area contributed by atoms with Gasteiger partial charge in [-0.2, -0.15) is 5.10 Å². The summed E-state index contributed by atoms with van der Waals surface area (Å²) in [6.07, 6.45) is 4.70. The molecule has 0 aliphatic carbocycles. The Morgan fingerprint density at radius 1 is 1.21 bits per heavy atom. The van der Waals surface area contributed by atoms with E-state index in [2.05, 4.69) is 25.7 Å². The lowest BCUT2D eigenvalue weighted by Gasteiger charge is -2.15. The minimum absolute atomic E-state index is 0.0742. The summed E-state index contributed by atoms with van der Waals surface area (Å²) >= 11 is 0. The lowest BCUT2D eigenvalue weighted by atomic mass is 10.1. The van der Waals surface area contributed by atoms with Crippen LogP contribution in [0.25, 0.3) is 5.82 Å². The van der Waals surface area contributed by atoms with E-state index in [-0.39, 0.29) is 12.1 Å². The second-order valence-corrected chi connectivity index (χ2v) is 5.29. The molecular formula is C17H18N6O. The van der Waals surface area contributed by atoms with Crippen molar-refractivity contribution in [3.8, 4) is 5.82 Å². The molecule has 1 aromatic carbocycles. The maximum absolute atomic E-state index is 12.1. The summed E-state index contributed by atoms with van der Waals surface area (Å²) in [4.78, 5) is 20.3. The number of aromatic nitrogens is 4. The molecule has 2 N–H and O–H groups in total. The number of hydrogen-bond acceptors (Lipinski definition) is 4. The van der Waals surface area contributed by atoms with Crippen molar-refractivity contribution >= 4 is 6.03 Å². The van der Waals surface area contributed by atoms with Crippen molar-refractivity contribution in [3.63, 3.8) is 0 Å². The van der Waals surface area contributed by atoms with Gasteiger partial charge in [-0.25, -0.2) is 19.4 Å². The fourth-order valence-electron chi connectivity index (χ4n) is 2.34. The van der Waals surface area contributed by atoms with Gasteiger partial charge in [0.05, 0.1) is 6.04 Å². The van der Waals surface area contributed by atoms with Gasteiger partial charge in [-0.15, -0.1) is 0 Å². The van der Waals surface area contributed by atoms with Gasteiger partial charge in [-0.3, -0.25) is 0 Å². The van der Waals surface area contributed by atoms with Crippen molar-refractivity contribution in [1.29, 1.82) is 0 Å². The summed E-state index contributed by atoms with van der Waals surface area (Å²) < 4.78 is 1.57. The van der Waals surface area contributed by atoms with Crippen LogP contribution in [0.2, 0.25) is 0 Å². The quantitative estimate of drug-likeness (QED) is 0.754. The summed E-state index contributed by atoms with van der Waals surface area (Å²) in [7, 11) is 0. The SMILES string of the molecule is CC(NC(=O)NCc1cccnc1-n1cncn1)c1ccccc1. The molecule has 122 valence electrons. The molecule has 7 nitrogen and oxygen atoms in total. The highest BCUT2D eigenvalue weighted by atomic mass is 16.2. The summed E-state index contributed by atoms with van der Waals surface area (Å²) in [5.41, 5.74) is 1.91. The Morgan fingerprint density at radius 2 is 2.04 bits per heavy atom. The summed E-state index contributed by atoms with van der Waals surface area (Å²) in [6, 6.07) is 13.2. The van der Waals surface area contributed by atoms with E-state index in [4.69, 9.17) is 0 Å². The van der Waals surface area contributed by atoms with Crippen LogP contribution >= 0.6 is 0 Å². The van der Waals surface area contributed by atoms with Crippen LogP contribution in [0.3, 0.4) is 0 Å². The highest BCUT2D eigenvalue weighted by molar-refractivity contribution is 5.74. The zero-order valence-corrected chi connectivity index (χ0v) is 13.3. The molecule has 1 atom stereocenters. The molecule has 2 amide bonds. The molecule has 2 aromatic heterocycles. The number of urea groups is 1. The summed E-state index contributed by atoms with van der Waals surface area (Å²) in [5.74, 6) is 0.645. The molecule has 3 rings (SSSR count). The summed E-state index contributed by atoms with van der Waals surface area (Å²) in [6.45, 7) is 2.29. The topological polar surface area (TPSA) is 84.7 Å². The average Bonchev–Trinajstić information content (AvgIpc) is 3.15. The third kappa shape index (κ3) is 3.75. The van der Waals surface area contributed by atoms with Crippen molar-refractivity contribution in [2.75, 3.05) is 0 Å². The Labute approximate surface area is 139 Å². The number of carbonyl (C=O) groups is 1. The molecule has 0 spiro atoms. The first-order valence-corrected chi connectivity index (χ1v) is 7.62. The molecule has 0 fully saturated rings. The van der Waals surface area contributed by atoms with Crippen LogP contribution in [0.5, 0.6) is 0 Å². The van der Waals surface area contributed by atoms with Crippen molar-refractivity contribution in [2.24, 2.45) is 0 Å². The molecule has 3 aromatic rings. The predicted molar refractivity (Wildman–Crippen MR) is 89.4 cm³/mol. The lowest BCUT2D eigenvalue weighted by Crippen LogP contribution is -2.36. The number of pyridine rings is 1. The van der Waals surface area contributed by atoms with E-state index in [9.17, 15) is 4.79 Å². The highest BCUT2D eigenvalue weighted by Gasteiger charge is 2.11. The predicted octanol–water partition coefficient (Wildman–Crippen LogP) is 2.22. The number of nitrogens with zero attached hydrogens (tertiary/aromatic N) is 4. The molecular weight excluding hydrogens is 304 g/mol. The number of benzene rings is 1. The van der Waals surface area contributed by atoms with Gasteiger partial charge in [0.15, 0.2) is 5.82 Å². The first-order chi connectivity index (χ1) is 11.7. The molecule has 7 heteroatoms. The number of rotatable bonds is 5. The van der Waals surface area contributed by atoms with Crippen molar-refractivity contribution in [1.82, 2.24) is 30.4 Å². The Bertz CT molecular complexity index is 788. The smallest absolute Gasteiger partial charge is 0.315 e. The van der Waals surface area contributed by atoms with Gasteiger partial charge in [-0.05, 0) is 18.6 Å². The van der Waals surface area contributed by atoms with Gasteiger partial charge in [0.25, 0.3) is 0 Å². The molecule has 0 aliphatic heterocycles. The van der Waals surface area contributed by atoms with Gasteiger partial charge < -0.3 is 10.6 Å². The van der Waals surface area contributed by atoms with Crippen LogP contribution in [-0.2, 0) is 6.54 Å². The molecule has 0 saturated carbocycles. The van der Waals surface area contributed by atoms with Gasteiger partial charge in [0.2, 0.25) is 0 Å². The van der Waals surface area contributed by atoms with Crippen molar-refractivity contribution < 1.29 is 4.79 Å². The van der Waals surface area contributed by atoms with Crippen LogP contribution in [0.15, 0.2) is 61.3 Å². The fraction of sp³-hybridized carbons (Fsp3) is 0.176. The standard InChI is InChI=1S/C17H18N6O/c1-13(14-6-3-2-4-7-14)22-17(24)20-10-15-8-5-9-19-16(15)23-12-18-11-21-23/h2-9,11-13H,10H2,1H3,(H2,20,22,24). The number of hydrogen-bond donors (Lipinski definition) is 2. The molecule has 0 aliphatic rings. The van der Waals surface area contributed by atoms with Crippen LogP contribution in [0, 0.1) is 0 Å². The first-order valence-electron chi connectivity index (χ1n) is 7.62. The van der Waals surface area contributed by atoms with E-state index in [1.54, 1.807) is 17.2 Å². The van der Waals surface area contributed by atoms with E-state index in [0.717, 1.165) is 11.1 Å². The zero-order valence-electron chi connectivity index (χ0n) is 13.3. The number of carbonyl (C=O) groups excluding carboxylic acids is 1. The first kappa shape index (κ1) is 15.7. The van der Waals surface area contributed by atoms with Gasteiger partial charge in [0, 0.05) is 18.3 Å². The third-order valence-corrected chi connectivity index (χ3v) is 3.59. The minimum atomic E-state index is -0.236. The van der Waals surface area contributed by atoms with E-state index in [0.29, 0.717) is 12.4 Å². The molecule has 0 bridgehead atoms. The van der Waals surface area contributed by atoms with Crippen molar-refractivity contribution in [3.05, 3.63) is 72.4 Å². The molecule has 1 unspecified atom stereocenters. The Kier molecular flexibility index (Phi) is 4.81. The number of amides is 2. The maximum atomic E-state index is 12.1. The van der Waals surface area contributed by atoms with Gasteiger partial charge in [0.1, 0.15) is 12.7 Å². The second-order valence-electron chi connectivity index (χ2n) is 5.29. The maximum Gasteiger partial charge on any atom is 0.315 e. The normalized spacial score (nSPS) is 11.7. The van der Waals surface area contributed by atoms with E-state index in [1.165, 1.54) is 6.33 Å². The van der Waals surface area contributed by atoms with Crippen LogP contribution in [-0.4, -0.2) is 25.8 Å². The largest absolute Gasteiger partial charge is 0.334 e. The zero-order chi connectivity index (χ0) is 16.8. The Hall–Kier alpha value is -3.22. The van der Waals surface area contributed by atoms with Gasteiger partial charge >= 0.3 is 6.03 Å². The summed E-state index contributed by atoms with van der Waals surface area (Å²) in [5, 5.41) is 9.84. The van der Waals surface area contributed by atoms with Crippen LogP contribution < -0.4 is 10.6 Å². The van der Waals surface area contributed by atoms with Gasteiger partial charge in [-0.1, -0.05) is 36.4 Å². The van der Waals surface area contributed by atoms with E-state index in [1.807, 2.05) is 49.4 Å². The average molecular weight is 322 g/mol. The third-order valence-electron chi connectivity index (χ3n) is 3.59. The highest BCUT2D eigenvalue weighted by Crippen LogP contribution is 2.11. The Balaban J connectivity index is 1.61. The minimum Gasteiger partial charge on any atom is -0.334 e. The fourth-order valence-corrected chi connectivity index (χ4v) is 2.34. The monoisotopic (exact) mass is 322 g/mol. The van der Waals surface area contributed by atoms with E-state index < -0.39 is 0 Å². The van der Waals surface area contributed by atoms with Crippen LogP contribution in [0.1, 0.15) is 24.1 Å². The Morgan fingerprint density at radius 3 is 2.79 bits per heavy atom.